The average molecular weight is 283 g/mol. The van der Waals surface area contributed by atoms with Gasteiger partial charge in [-0.15, -0.1) is 0 Å². The largest absolute Gasteiger partial charge is 0.354 e. The molecule has 19 heavy (non-hydrogen) atoms. The lowest BCUT2D eigenvalue weighted by Crippen LogP contribution is -2.45. The molecule has 0 aromatic heterocycles. The van der Waals surface area contributed by atoms with Gasteiger partial charge in [-0.25, -0.2) is 0 Å². The first-order valence-electron chi connectivity index (χ1n) is 6.66. The maximum Gasteiger partial charge on any atom is 0.230 e. The highest BCUT2D eigenvalue weighted by Gasteiger charge is 2.31. The lowest BCUT2D eigenvalue weighted by Gasteiger charge is -2.26. The van der Waals surface area contributed by atoms with Crippen molar-refractivity contribution in [3.63, 3.8) is 0 Å². The van der Waals surface area contributed by atoms with Crippen LogP contribution in [-0.4, -0.2) is 25.0 Å². The number of nitrogens with one attached hydrogen (secondary N) is 2. The fraction of sp³-hybridized carbons (Fsp3) is 0.533. The van der Waals surface area contributed by atoms with Crippen LogP contribution in [0, 0.1) is 0 Å². The molecular formula is C15H23ClN2O. The van der Waals surface area contributed by atoms with Crippen LogP contribution in [0.25, 0.3) is 0 Å². The number of hydrogen-bond acceptors (Lipinski definition) is 2. The number of carbonyl (C=O) groups is 1. The van der Waals surface area contributed by atoms with Gasteiger partial charge in [-0.3, -0.25) is 4.79 Å². The zero-order valence-corrected chi connectivity index (χ0v) is 12.8. The van der Waals surface area contributed by atoms with Gasteiger partial charge < -0.3 is 10.6 Å². The van der Waals surface area contributed by atoms with Crippen LogP contribution in [0.2, 0.25) is 5.02 Å². The summed E-state index contributed by atoms with van der Waals surface area (Å²) in [5.41, 5.74) is 0.217. The van der Waals surface area contributed by atoms with E-state index in [1.807, 2.05) is 52.0 Å². The average Bonchev–Trinajstić information content (AvgIpc) is 2.36. The standard InChI is InChI=1S/C15H23ClN2O/c1-5-17-11(2)10-18-14(19)15(3,4)12-8-6-7-9-13(12)16/h6-9,11,17H,5,10H2,1-4H3,(H,18,19)/t11-/m1/s1. The molecule has 1 atom stereocenters. The quantitative estimate of drug-likeness (QED) is 0.842. The molecule has 0 unspecified atom stereocenters. The predicted molar refractivity (Wildman–Crippen MR) is 80.6 cm³/mol. The van der Waals surface area contributed by atoms with Crippen LogP contribution < -0.4 is 10.6 Å². The maximum atomic E-state index is 12.3. The fourth-order valence-corrected chi connectivity index (χ4v) is 2.35. The van der Waals surface area contributed by atoms with E-state index in [0.29, 0.717) is 11.6 Å². The third-order valence-corrected chi connectivity index (χ3v) is 3.57. The first kappa shape index (κ1) is 16.0. The number of benzene rings is 1. The van der Waals surface area contributed by atoms with Gasteiger partial charge in [0.1, 0.15) is 0 Å². The highest BCUT2D eigenvalue weighted by atomic mass is 35.5. The molecule has 0 saturated carbocycles. The molecule has 1 amide bonds. The SMILES string of the molecule is CCN[C@H](C)CNC(=O)C(C)(C)c1ccccc1Cl. The topological polar surface area (TPSA) is 41.1 Å². The molecule has 2 N–H and O–H groups in total. The zero-order valence-electron chi connectivity index (χ0n) is 12.1. The lowest BCUT2D eigenvalue weighted by atomic mass is 9.83. The first-order valence-corrected chi connectivity index (χ1v) is 7.04. The van der Waals surface area contributed by atoms with E-state index in [0.717, 1.165) is 12.1 Å². The molecule has 1 rings (SSSR count). The summed E-state index contributed by atoms with van der Waals surface area (Å²) >= 11 is 6.17. The summed E-state index contributed by atoms with van der Waals surface area (Å²) in [6.45, 7) is 9.38. The Hall–Kier alpha value is -1.06. The minimum atomic E-state index is -0.635. The summed E-state index contributed by atoms with van der Waals surface area (Å²) in [6, 6.07) is 7.74. The van der Waals surface area contributed by atoms with Crippen molar-refractivity contribution in [1.82, 2.24) is 10.6 Å². The summed E-state index contributed by atoms with van der Waals surface area (Å²) < 4.78 is 0. The molecule has 0 fully saturated rings. The van der Waals surface area contributed by atoms with Crippen molar-refractivity contribution >= 4 is 17.5 Å². The van der Waals surface area contributed by atoms with Gasteiger partial charge in [0.15, 0.2) is 0 Å². The molecule has 106 valence electrons. The molecule has 1 aromatic rings. The minimum Gasteiger partial charge on any atom is -0.354 e. The van der Waals surface area contributed by atoms with E-state index in [4.69, 9.17) is 11.6 Å². The van der Waals surface area contributed by atoms with Crippen molar-refractivity contribution in [2.75, 3.05) is 13.1 Å². The highest BCUT2D eigenvalue weighted by molar-refractivity contribution is 6.31. The van der Waals surface area contributed by atoms with Crippen molar-refractivity contribution in [3.05, 3.63) is 34.9 Å². The Morgan fingerprint density at radius 3 is 2.58 bits per heavy atom. The van der Waals surface area contributed by atoms with Crippen LogP contribution in [0.3, 0.4) is 0 Å². The Balaban J connectivity index is 2.72. The molecule has 0 saturated heterocycles. The van der Waals surface area contributed by atoms with Gasteiger partial charge >= 0.3 is 0 Å². The van der Waals surface area contributed by atoms with Gasteiger partial charge in [0, 0.05) is 17.6 Å². The zero-order chi connectivity index (χ0) is 14.5. The molecule has 0 spiro atoms. The smallest absolute Gasteiger partial charge is 0.230 e. The van der Waals surface area contributed by atoms with E-state index in [1.165, 1.54) is 0 Å². The van der Waals surface area contributed by atoms with E-state index in [9.17, 15) is 4.79 Å². The summed E-state index contributed by atoms with van der Waals surface area (Å²) in [6.07, 6.45) is 0. The molecule has 0 heterocycles. The Morgan fingerprint density at radius 1 is 1.37 bits per heavy atom. The highest BCUT2D eigenvalue weighted by Crippen LogP contribution is 2.29. The first-order chi connectivity index (χ1) is 8.89. The monoisotopic (exact) mass is 282 g/mol. The van der Waals surface area contributed by atoms with E-state index in [1.54, 1.807) is 0 Å². The van der Waals surface area contributed by atoms with Gasteiger partial charge in [-0.05, 0) is 38.9 Å². The second kappa shape index (κ2) is 6.92. The van der Waals surface area contributed by atoms with Crippen molar-refractivity contribution in [3.8, 4) is 0 Å². The third kappa shape index (κ3) is 4.22. The number of halogens is 1. The molecule has 0 bridgehead atoms. The molecular weight excluding hydrogens is 260 g/mol. The molecule has 0 aliphatic heterocycles. The Morgan fingerprint density at radius 2 is 2.00 bits per heavy atom. The van der Waals surface area contributed by atoms with E-state index < -0.39 is 5.41 Å². The fourth-order valence-electron chi connectivity index (χ4n) is 1.98. The van der Waals surface area contributed by atoms with Gasteiger partial charge in [-0.1, -0.05) is 36.7 Å². The van der Waals surface area contributed by atoms with Crippen LogP contribution in [0.4, 0.5) is 0 Å². The Kier molecular flexibility index (Phi) is 5.83. The van der Waals surface area contributed by atoms with Gasteiger partial charge in [0.2, 0.25) is 5.91 Å². The number of rotatable bonds is 6. The minimum absolute atomic E-state index is 0.00893. The summed E-state index contributed by atoms with van der Waals surface area (Å²) in [7, 11) is 0. The predicted octanol–water partition coefficient (Wildman–Crippen LogP) is 2.73. The number of likely N-dealkylation sites (N-methyl/N-ethyl adjacent to an activating group) is 1. The Bertz CT molecular complexity index is 432. The third-order valence-electron chi connectivity index (χ3n) is 3.24. The molecule has 0 aliphatic rings. The second-order valence-corrected chi connectivity index (χ2v) is 5.68. The Labute approximate surface area is 120 Å². The molecule has 3 nitrogen and oxygen atoms in total. The van der Waals surface area contributed by atoms with Crippen molar-refractivity contribution in [1.29, 1.82) is 0 Å². The molecule has 1 aromatic carbocycles. The van der Waals surface area contributed by atoms with E-state index in [2.05, 4.69) is 10.6 Å². The second-order valence-electron chi connectivity index (χ2n) is 5.27. The van der Waals surface area contributed by atoms with Crippen molar-refractivity contribution < 1.29 is 4.79 Å². The van der Waals surface area contributed by atoms with Crippen LogP contribution >= 0.6 is 11.6 Å². The van der Waals surface area contributed by atoms with Crippen LogP contribution in [0.5, 0.6) is 0 Å². The van der Waals surface area contributed by atoms with Gasteiger partial charge in [-0.2, -0.15) is 0 Å². The summed E-state index contributed by atoms with van der Waals surface area (Å²) in [5, 5.41) is 6.86. The maximum absolute atomic E-state index is 12.3. The van der Waals surface area contributed by atoms with Crippen LogP contribution in [-0.2, 0) is 10.2 Å². The van der Waals surface area contributed by atoms with Gasteiger partial charge in [0.05, 0.1) is 5.41 Å². The lowest BCUT2D eigenvalue weighted by molar-refractivity contribution is -0.125. The van der Waals surface area contributed by atoms with Crippen molar-refractivity contribution in [2.24, 2.45) is 0 Å². The van der Waals surface area contributed by atoms with Gasteiger partial charge in [0.25, 0.3) is 0 Å². The number of hydrogen-bond donors (Lipinski definition) is 2. The summed E-state index contributed by atoms with van der Waals surface area (Å²) in [4.78, 5) is 12.3. The van der Waals surface area contributed by atoms with E-state index in [-0.39, 0.29) is 11.9 Å². The molecule has 4 heteroatoms. The van der Waals surface area contributed by atoms with Crippen LogP contribution in [0.1, 0.15) is 33.3 Å². The number of carbonyl (C=O) groups excluding carboxylic acids is 1. The normalized spacial score (nSPS) is 13.1. The number of amides is 1. The molecule has 0 aliphatic carbocycles. The van der Waals surface area contributed by atoms with Crippen molar-refractivity contribution in [2.45, 2.75) is 39.2 Å². The van der Waals surface area contributed by atoms with E-state index >= 15 is 0 Å². The molecule has 0 radical (unpaired) electrons. The summed E-state index contributed by atoms with van der Waals surface area (Å²) in [5.74, 6) is -0.00893. The van der Waals surface area contributed by atoms with Crippen LogP contribution in [0.15, 0.2) is 24.3 Å².